The highest BCUT2D eigenvalue weighted by Gasteiger charge is 2.27. The van der Waals surface area contributed by atoms with Gasteiger partial charge >= 0.3 is 0 Å². The smallest absolute Gasteiger partial charge is 0.222 e. The number of pyridine rings is 1. The first-order valence-electron chi connectivity index (χ1n) is 13.9. The Labute approximate surface area is 210 Å². The van der Waals surface area contributed by atoms with Crippen LogP contribution in [0.1, 0.15) is 57.8 Å². The van der Waals surface area contributed by atoms with Gasteiger partial charge in [-0.25, -0.2) is 0 Å². The molecule has 1 aromatic carbocycles. The molecule has 3 aliphatic rings. The minimum Gasteiger partial charge on any atom is -0.494 e. The van der Waals surface area contributed by atoms with E-state index in [2.05, 4.69) is 32.9 Å². The second kappa shape index (κ2) is 11.6. The summed E-state index contributed by atoms with van der Waals surface area (Å²) in [7, 11) is 1.75. The Balaban J connectivity index is 1.13. The van der Waals surface area contributed by atoms with Crippen LogP contribution in [-0.4, -0.2) is 73.6 Å². The van der Waals surface area contributed by atoms with Crippen LogP contribution in [0.15, 0.2) is 30.5 Å². The molecule has 35 heavy (non-hydrogen) atoms. The van der Waals surface area contributed by atoms with Crippen LogP contribution >= 0.6 is 0 Å². The molecule has 2 saturated heterocycles. The maximum Gasteiger partial charge on any atom is 0.222 e. The average Bonchev–Trinajstić information content (AvgIpc) is 3.14. The molecule has 190 valence electrons. The van der Waals surface area contributed by atoms with Crippen molar-refractivity contribution in [3.05, 3.63) is 30.5 Å². The number of methoxy groups -OCH3 is 1. The van der Waals surface area contributed by atoms with Gasteiger partial charge in [-0.2, -0.15) is 0 Å². The summed E-state index contributed by atoms with van der Waals surface area (Å²) in [5.74, 6) is 2.67. The molecule has 2 aliphatic heterocycles. The van der Waals surface area contributed by atoms with Crippen LogP contribution in [0.25, 0.3) is 10.9 Å². The first-order valence-corrected chi connectivity index (χ1v) is 13.9. The zero-order valence-corrected chi connectivity index (χ0v) is 21.5. The van der Waals surface area contributed by atoms with Gasteiger partial charge in [0.1, 0.15) is 11.4 Å². The van der Waals surface area contributed by atoms with Gasteiger partial charge in [0.05, 0.1) is 12.6 Å². The molecule has 0 N–H and O–H groups in total. The molecule has 0 spiro atoms. The van der Waals surface area contributed by atoms with Crippen molar-refractivity contribution in [1.82, 2.24) is 14.8 Å². The fourth-order valence-corrected chi connectivity index (χ4v) is 6.46. The highest BCUT2D eigenvalue weighted by molar-refractivity contribution is 5.94. The third-order valence-corrected chi connectivity index (χ3v) is 8.51. The van der Waals surface area contributed by atoms with Crippen LogP contribution in [0.3, 0.4) is 0 Å². The van der Waals surface area contributed by atoms with Crippen LogP contribution in [0.2, 0.25) is 0 Å². The normalized spacial score (nSPS) is 21.3. The molecule has 1 amide bonds. The number of hydrogen-bond acceptors (Lipinski definition) is 5. The highest BCUT2D eigenvalue weighted by atomic mass is 16.5. The standard InChI is InChI=1S/C29H42N4O2/c1-35-26-11-10-25-9-5-14-30-28(25)29(26)33-16-6-15-31(19-20-33)22-24-12-17-32(18-13-24)27(34)21-23-7-3-2-4-8-23/h5,9-11,14,23-24H,2-4,6-8,12-13,15-22H2,1H3. The molecular weight excluding hydrogens is 436 g/mol. The van der Waals surface area contributed by atoms with Crippen molar-refractivity contribution in [2.24, 2.45) is 11.8 Å². The molecule has 1 saturated carbocycles. The van der Waals surface area contributed by atoms with E-state index < -0.39 is 0 Å². The summed E-state index contributed by atoms with van der Waals surface area (Å²) < 4.78 is 5.75. The van der Waals surface area contributed by atoms with Crippen molar-refractivity contribution in [3.63, 3.8) is 0 Å². The van der Waals surface area contributed by atoms with E-state index in [-0.39, 0.29) is 0 Å². The maximum absolute atomic E-state index is 12.8. The monoisotopic (exact) mass is 478 g/mol. The predicted octanol–water partition coefficient (Wildman–Crippen LogP) is 4.96. The highest BCUT2D eigenvalue weighted by Crippen LogP contribution is 2.36. The van der Waals surface area contributed by atoms with Crippen molar-refractivity contribution in [2.75, 3.05) is 57.8 Å². The number of carbonyl (C=O) groups excluding carboxylic acids is 1. The van der Waals surface area contributed by atoms with Gasteiger partial charge in [0.2, 0.25) is 5.91 Å². The number of amides is 1. The Kier molecular flexibility index (Phi) is 8.07. The summed E-state index contributed by atoms with van der Waals surface area (Å²) in [6.07, 6.45) is 12.6. The number of fused-ring (bicyclic) bond motifs is 1. The molecule has 0 bridgehead atoms. The van der Waals surface area contributed by atoms with Crippen molar-refractivity contribution >= 4 is 22.5 Å². The number of hydrogen-bond donors (Lipinski definition) is 0. The lowest BCUT2D eigenvalue weighted by molar-refractivity contribution is -0.133. The lowest BCUT2D eigenvalue weighted by Crippen LogP contribution is -2.42. The number of aromatic nitrogens is 1. The van der Waals surface area contributed by atoms with E-state index in [0.717, 1.165) is 93.8 Å². The van der Waals surface area contributed by atoms with Crippen LogP contribution in [0.4, 0.5) is 5.69 Å². The maximum atomic E-state index is 12.8. The number of rotatable bonds is 6. The van der Waals surface area contributed by atoms with Crippen LogP contribution in [0, 0.1) is 11.8 Å². The number of piperidine rings is 1. The van der Waals surface area contributed by atoms with Gasteiger partial charge in [0.25, 0.3) is 0 Å². The second-order valence-corrected chi connectivity index (χ2v) is 10.9. The van der Waals surface area contributed by atoms with Crippen molar-refractivity contribution in [3.8, 4) is 5.75 Å². The minimum absolute atomic E-state index is 0.415. The van der Waals surface area contributed by atoms with Crippen LogP contribution < -0.4 is 9.64 Å². The summed E-state index contributed by atoms with van der Waals surface area (Å²) >= 11 is 0. The molecule has 5 rings (SSSR count). The van der Waals surface area contributed by atoms with Crippen LogP contribution in [0.5, 0.6) is 5.75 Å². The number of likely N-dealkylation sites (tertiary alicyclic amines) is 1. The molecule has 0 unspecified atom stereocenters. The Morgan fingerprint density at radius 2 is 1.74 bits per heavy atom. The molecule has 1 aromatic heterocycles. The third-order valence-electron chi connectivity index (χ3n) is 8.51. The van der Waals surface area contributed by atoms with Gasteiger partial charge in [-0.15, -0.1) is 0 Å². The fourth-order valence-electron chi connectivity index (χ4n) is 6.46. The van der Waals surface area contributed by atoms with E-state index in [1.165, 1.54) is 32.1 Å². The SMILES string of the molecule is COc1ccc2cccnc2c1N1CCCN(CC2CCN(C(=O)CC3CCCCC3)CC2)CC1. The Morgan fingerprint density at radius 3 is 2.54 bits per heavy atom. The number of carbonyl (C=O) groups is 1. The summed E-state index contributed by atoms with van der Waals surface area (Å²) in [4.78, 5) is 24.8. The number of ether oxygens (including phenoxy) is 1. The summed E-state index contributed by atoms with van der Waals surface area (Å²) in [5.41, 5.74) is 2.17. The largest absolute Gasteiger partial charge is 0.494 e. The summed E-state index contributed by atoms with van der Waals surface area (Å²) in [6.45, 7) is 7.28. The van der Waals surface area contributed by atoms with Crippen molar-refractivity contribution in [1.29, 1.82) is 0 Å². The topological polar surface area (TPSA) is 48.9 Å². The minimum atomic E-state index is 0.415. The first-order chi connectivity index (χ1) is 17.2. The lowest BCUT2D eigenvalue weighted by Gasteiger charge is -2.35. The van der Waals surface area contributed by atoms with E-state index in [4.69, 9.17) is 9.72 Å². The van der Waals surface area contributed by atoms with E-state index in [9.17, 15) is 4.79 Å². The molecule has 3 heterocycles. The molecule has 0 radical (unpaired) electrons. The van der Waals surface area contributed by atoms with Gasteiger partial charge in [0, 0.05) is 57.3 Å². The van der Waals surface area contributed by atoms with E-state index >= 15 is 0 Å². The predicted molar refractivity (Wildman–Crippen MR) is 142 cm³/mol. The molecule has 1 aliphatic carbocycles. The van der Waals surface area contributed by atoms with E-state index in [1.807, 2.05) is 12.3 Å². The van der Waals surface area contributed by atoms with Crippen molar-refractivity contribution < 1.29 is 9.53 Å². The van der Waals surface area contributed by atoms with Crippen molar-refractivity contribution in [2.45, 2.75) is 57.8 Å². The Hall–Kier alpha value is -2.34. The quantitative estimate of drug-likeness (QED) is 0.587. The molecule has 6 heteroatoms. The molecule has 0 atom stereocenters. The van der Waals surface area contributed by atoms with Gasteiger partial charge in [0.15, 0.2) is 0 Å². The van der Waals surface area contributed by atoms with Gasteiger partial charge in [-0.1, -0.05) is 25.3 Å². The number of benzene rings is 1. The zero-order chi connectivity index (χ0) is 24.0. The molecule has 6 nitrogen and oxygen atoms in total. The Bertz CT molecular complexity index is 982. The first kappa shape index (κ1) is 24.4. The van der Waals surface area contributed by atoms with Gasteiger partial charge in [-0.3, -0.25) is 9.78 Å². The third kappa shape index (κ3) is 5.91. The number of nitrogens with zero attached hydrogens (tertiary/aromatic N) is 4. The Morgan fingerprint density at radius 1 is 0.914 bits per heavy atom. The molecular formula is C29H42N4O2. The number of anilines is 1. The fraction of sp³-hybridized carbons (Fsp3) is 0.655. The second-order valence-electron chi connectivity index (χ2n) is 10.9. The average molecular weight is 479 g/mol. The summed E-state index contributed by atoms with van der Waals surface area (Å²) in [6, 6.07) is 8.30. The van der Waals surface area contributed by atoms with E-state index in [1.54, 1.807) is 7.11 Å². The van der Waals surface area contributed by atoms with Crippen LogP contribution in [-0.2, 0) is 4.79 Å². The zero-order valence-electron chi connectivity index (χ0n) is 21.5. The molecule has 3 fully saturated rings. The lowest BCUT2D eigenvalue weighted by atomic mass is 9.86. The van der Waals surface area contributed by atoms with Gasteiger partial charge in [-0.05, 0) is 68.7 Å². The van der Waals surface area contributed by atoms with Gasteiger partial charge < -0.3 is 19.4 Å². The molecule has 2 aromatic rings. The van der Waals surface area contributed by atoms with E-state index in [0.29, 0.717) is 17.7 Å². The summed E-state index contributed by atoms with van der Waals surface area (Å²) in [5, 5.41) is 1.16.